The number of carbonyl (C=O) groups is 3. The van der Waals surface area contributed by atoms with Crippen LogP contribution in [0.25, 0.3) is 0 Å². The first-order valence-electron chi connectivity index (χ1n) is 14.7. The Kier molecular flexibility index (Phi) is 12.3. The van der Waals surface area contributed by atoms with Crippen molar-refractivity contribution in [3.63, 3.8) is 0 Å². The van der Waals surface area contributed by atoms with Gasteiger partial charge in [-0.05, 0) is 74.9 Å². The standard InChI is InChI=1S/C34H42N4O5S.ClH/c1-21-11-9-12-22(2)30(21)43-19-28(39)37-27(17-24-13-7-6-8-14-24)29(40)33(42)38-20-44-34(4,5)31(38)32(41)36-18-25-15-10-16-26(35)23(25)3;/h6-16,27,29,31,40H,17-20,35H2,1-5H3,(H,36,41)(H,37,39);1H/t27-,29-,31+;/m0./s1. The zero-order valence-corrected chi connectivity index (χ0v) is 28.0. The monoisotopic (exact) mass is 654 g/mol. The van der Waals surface area contributed by atoms with Crippen LogP contribution in [0.1, 0.15) is 41.7 Å². The highest BCUT2D eigenvalue weighted by Gasteiger charge is 2.49. The highest BCUT2D eigenvalue weighted by atomic mass is 35.5. The fourth-order valence-electron chi connectivity index (χ4n) is 5.45. The van der Waals surface area contributed by atoms with Crippen molar-refractivity contribution in [1.29, 1.82) is 0 Å². The van der Waals surface area contributed by atoms with Crippen LogP contribution in [0.4, 0.5) is 5.69 Å². The van der Waals surface area contributed by atoms with E-state index in [1.54, 1.807) is 6.07 Å². The van der Waals surface area contributed by atoms with Crippen molar-refractivity contribution in [1.82, 2.24) is 15.5 Å². The number of benzene rings is 3. The Balaban J connectivity index is 0.00000552. The maximum atomic E-state index is 13.9. The second-order valence-electron chi connectivity index (χ2n) is 11.8. The van der Waals surface area contributed by atoms with E-state index in [1.165, 1.54) is 16.7 Å². The predicted octanol–water partition coefficient (Wildman–Crippen LogP) is 4.08. The van der Waals surface area contributed by atoms with Gasteiger partial charge in [0.15, 0.2) is 12.7 Å². The molecule has 3 aromatic carbocycles. The Labute approximate surface area is 275 Å². The summed E-state index contributed by atoms with van der Waals surface area (Å²) in [5.41, 5.74) is 11.1. The predicted molar refractivity (Wildman–Crippen MR) is 181 cm³/mol. The van der Waals surface area contributed by atoms with Crippen LogP contribution in [0.15, 0.2) is 66.7 Å². The van der Waals surface area contributed by atoms with Gasteiger partial charge in [0.05, 0.1) is 11.9 Å². The van der Waals surface area contributed by atoms with Crippen LogP contribution in [-0.4, -0.2) is 63.1 Å². The first-order valence-corrected chi connectivity index (χ1v) is 15.6. The molecule has 0 saturated carbocycles. The Hall–Kier alpha value is -3.73. The number of nitrogens with zero attached hydrogens (tertiary/aromatic N) is 1. The molecule has 3 aromatic rings. The lowest BCUT2D eigenvalue weighted by atomic mass is 9.97. The fraction of sp³-hybridized carbons (Fsp3) is 0.382. The molecule has 0 radical (unpaired) electrons. The van der Waals surface area contributed by atoms with Crippen LogP contribution in [0.3, 0.4) is 0 Å². The molecular weight excluding hydrogens is 612 g/mol. The Morgan fingerprint density at radius 2 is 1.67 bits per heavy atom. The molecule has 0 aromatic heterocycles. The van der Waals surface area contributed by atoms with Crippen molar-refractivity contribution in [3.05, 3.63) is 94.5 Å². The molecular formula is C34H43ClN4O5S. The summed E-state index contributed by atoms with van der Waals surface area (Å²) in [5, 5.41) is 17.2. The van der Waals surface area contributed by atoms with Crippen LogP contribution in [0, 0.1) is 20.8 Å². The molecule has 1 saturated heterocycles. The number of ether oxygens (including phenoxy) is 1. The number of rotatable bonds is 11. The lowest BCUT2D eigenvalue weighted by molar-refractivity contribution is -0.148. The minimum Gasteiger partial charge on any atom is -0.483 e. The number of thioether (sulfide) groups is 1. The zero-order chi connectivity index (χ0) is 32.0. The van der Waals surface area contributed by atoms with Gasteiger partial charge in [-0.1, -0.05) is 60.7 Å². The molecule has 0 spiro atoms. The average molecular weight is 655 g/mol. The second kappa shape index (κ2) is 15.5. The van der Waals surface area contributed by atoms with E-state index in [0.717, 1.165) is 27.8 Å². The number of nitrogen functional groups attached to an aromatic ring is 1. The van der Waals surface area contributed by atoms with Crippen molar-refractivity contribution >= 4 is 47.6 Å². The van der Waals surface area contributed by atoms with Gasteiger partial charge < -0.3 is 31.1 Å². The fourth-order valence-corrected chi connectivity index (χ4v) is 6.59. The van der Waals surface area contributed by atoms with E-state index in [2.05, 4.69) is 10.6 Å². The molecule has 45 heavy (non-hydrogen) atoms. The summed E-state index contributed by atoms with van der Waals surface area (Å²) in [7, 11) is 0. The summed E-state index contributed by atoms with van der Waals surface area (Å²) in [6, 6.07) is 18.8. The van der Waals surface area contributed by atoms with E-state index in [9.17, 15) is 19.5 Å². The molecule has 0 unspecified atom stereocenters. The first kappa shape index (κ1) is 35.7. The summed E-state index contributed by atoms with van der Waals surface area (Å²) >= 11 is 1.46. The molecule has 0 bridgehead atoms. The lowest BCUT2D eigenvalue weighted by Gasteiger charge is -2.33. The molecule has 1 fully saturated rings. The van der Waals surface area contributed by atoms with Gasteiger partial charge in [0.25, 0.3) is 11.8 Å². The third kappa shape index (κ3) is 8.71. The number of carbonyl (C=O) groups excluding carboxylic acids is 3. The van der Waals surface area contributed by atoms with Gasteiger partial charge in [-0.3, -0.25) is 14.4 Å². The molecule has 4 rings (SSSR count). The summed E-state index contributed by atoms with van der Waals surface area (Å²) in [5.74, 6) is -0.575. The second-order valence-corrected chi connectivity index (χ2v) is 13.4. The van der Waals surface area contributed by atoms with Gasteiger partial charge in [-0.15, -0.1) is 24.2 Å². The molecule has 11 heteroatoms. The van der Waals surface area contributed by atoms with Crippen molar-refractivity contribution < 1.29 is 24.2 Å². The highest BCUT2D eigenvalue weighted by Crippen LogP contribution is 2.40. The van der Waals surface area contributed by atoms with Crippen LogP contribution in [0.2, 0.25) is 0 Å². The Morgan fingerprint density at radius 3 is 2.33 bits per heavy atom. The maximum absolute atomic E-state index is 13.9. The van der Waals surface area contributed by atoms with E-state index in [-0.39, 0.29) is 43.8 Å². The molecule has 1 aliphatic heterocycles. The van der Waals surface area contributed by atoms with E-state index < -0.39 is 34.7 Å². The van der Waals surface area contributed by atoms with Crippen molar-refractivity contribution in [3.8, 4) is 5.75 Å². The minimum absolute atomic E-state index is 0. The SMILES string of the molecule is Cc1cccc(C)c1OCC(=O)N[C@@H](Cc1ccccc1)[C@H](O)C(=O)N1CSC(C)(C)[C@H]1C(=O)NCc1cccc(N)c1C.Cl. The largest absolute Gasteiger partial charge is 0.483 e. The molecule has 3 atom stereocenters. The maximum Gasteiger partial charge on any atom is 0.258 e. The molecule has 3 amide bonds. The van der Waals surface area contributed by atoms with Crippen LogP contribution in [-0.2, 0) is 27.3 Å². The number of nitrogens with one attached hydrogen (secondary N) is 2. The third-order valence-electron chi connectivity index (χ3n) is 8.05. The molecule has 1 heterocycles. The highest BCUT2D eigenvalue weighted by molar-refractivity contribution is 8.00. The number of hydrogen-bond acceptors (Lipinski definition) is 7. The number of aliphatic hydroxyl groups excluding tert-OH is 1. The van der Waals surface area contributed by atoms with Gasteiger partial charge >= 0.3 is 0 Å². The molecule has 5 N–H and O–H groups in total. The molecule has 9 nitrogen and oxygen atoms in total. The summed E-state index contributed by atoms with van der Waals surface area (Å²) in [6.07, 6.45) is -1.39. The normalized spacial score (nSPS) is 16.7. The van der Waals surface area contributed by atoms with Gasteiger partial charge in [0, 0.05) is 17.0 Å². The number of para-hydroxylation sites is 1. The topological polar surface area (TPSA) is 134 Å². The quantitative estimate of drug-likeness (QED) is 0.229. The Bertz CT molecular complexity index is 1480. The number of nitrogens with two attached hydrogens (primary N) is 1. The van der Waals surface area contributed by atoms with E-state index in [0.29, 0.717) is 11.4 Å². The number of halogens is 1. The summed E-state index contributed by atoms with van der Waals surface area (Å²) in [4.78, 5) is 41.9. The van der Waals surface area contributed by atoms with Crippen molar-refractivity contribution in [2.45, 2.75) is 70.5 Å². The van der Waals surface area contributed by atoms with Crippen molar-refractivity contribution in [2.75, 3.05) is 18.2 Å². The van der Waals surface area contributed by atoms with Gasteiger partial charge in [0.2, 0.25) is 5.91 Å². The van der Waals surface area contributed by atoms with Gasteiger partial charge in [-0.2, -0.15) is 0 Å². The summed E-state index contributed by atoms with van der Waals surface area (Å²) in [6.45, 7) is 9.48. The third-order valence-corrected chi connectivity index (χ3v) is 9.43. The number of aliphatic hydroxyl groups is 1. The summed E-state index contributed by atoms with van der Waals surface area (Å²) < 4.78 is 5.21. The number of aryl methyl sites for hydroxylation is 2. The molecule has 242 valence electrons. The van der Waals surface area contributed by atoms with Gasteiger partial charge in [0.1, 0.15) is 11.8 Å². The van der Waals surface area contributed by atoms with E-state index >= 15 is 0 Å². The smallest absolute Gasteiger partial charge is 0.258 e. The first-order chi connectivity index (χ1) is 20.9. The van der Waals surface area contributed by atoms with Crippen LogP contribution >= 0.6 is 24.2 Å². The van der Waals surface area contributed by atoms with E-state index in [1.807, 2.05) is 95.3 Å². The van der Waals surface area contributed by atoms with E-state index in [4.69, 9.17) is 10.5 Å². The van der Waals surface area contributed by atoms with Crippen molar-refractivity contribution in [2.24, 2.45) is 0 Å². The molecule has 1 aliphatic rings. The number of hydrogen-bond donors (Lipinski definition) is 4. The van der Waals surface area contributed by atoms with Crippen LogP contribution < -0.4 is 21.1 Å². The Morgan fingerprint density at radius 1 is 1.02 bits per heavy atom. The minimum atomic E-state index is -1.60. The lowest BCUT2D eigenvalue weighted by Crippen LogP contribution is -2.59. The molecule has 0 aliphatic carbocycles. The van der Waals surface area contributed by atoms with Gasteiger partial charge in [-0.25, -0.2) is 0 Å². The number of amides is 3. The zero-order valence-electron chi connectivity index (χ0n) is 26.3. The average Bonchev–Trinajstić information content (AvgIpc) is 3.31. The number of anilines is 1. The van der Waals surface area contributed by atoms with Crippen LogP contribution in [0.5, 0.6) is 5.75 Å².